The summed E-state index contributed by atoms with van der Waals surface area (Å²) in [5.41, 5.74) is 1.08. The second-order valence-electron chi connectivity index (χ2n) is 4.57. The van der Waals surface area contributed by atoms with Crippen molar-refractivity contribution >= 4 is 17.3 Å². The predicted octanol–water partition coefficient (Wildman–Crippen LogP) is 3.30. The van der Waals surface area contributed by atoms with Crippen LogP contribution in [0.1, 0.15) is 25.7 Å². The molecule has 0 unspecified atom stereocenters. The van der Waals surface area contributed by atoms with Crippen molar-refractivity contribution < 1.29 is 5.11 Å². The minimum atomic E-state index is -0.0672. The lowest BCUT2D eigenvalue weighted by molar-refractivity contribution is 0.111. The topological polar surface area (TPSA) is 32.3 Å². The highest BCUT2D eigenvalue weighted by atomic mass is 35.5. The van der Waals surface area contributed by atoms with Gasteiger partial charge in [-0.2, -0.15) is 0 Å². The van der Waals surface area contributed by atoms with E-state index in [1.54, 1.807) is 0 Å². The summed E-state index contributed by atoms with van der Waals surface area (Å²) in [7, 11) is 0. The average molecular weight is 240 g/mol. The highest BCUT2D eigenvalue weighted by molar-refractivity contribution is 6.30. The van der Waals surface area contributed by atoms with Crippen molar-refractivity contribution in [3.63, 3.8) is 0 Å². The van der Waals surface area contributed by atoms with Gasteiger partial charge in [0.25, 0.3) is 0 Å². The molecule has 0 aliphatic heterocycles. The number of aliphatic hydroxyl groups excluding tert-OH is 1. The van der Waals surface area contributed by atoms with E-state index in [2.05, 4.69) is 5.32 Å². The van der Waals surface area contributed by atoms with Gasteiger partial charge in [0.2, 0.25) is 0 Å². The number of halogens is 1. The lowest BCUT2D eigenvalue weighted by atomic mass is 9.87. The third-order valence-corrected chi connectivity index (χ3v) is 3.47. The summed E-state index contributed by atoms with van der Waals surface area (Å²) in [4.78, 5) is 0. The van der Waals surface area contributed by atoms with Crippen molar-refractivity contribution in [3.8, 4) is 0 Å². The fraction of sp³-hybridized carbons (Fsp3) is 0.538. The van der Waals surface area contributed by atoms with Gasteiger partial charge in [-0.05, 0) is 49.8 Å². The van der Waals surface area contributed by atoms with E-state index in [0.29, 0.717) is 5.92 Å². The Labute approximate surface area is 102 Å². The van der Waals surface area contributed by atoms with Crippen LogP contribution in [0.2, 0.25) is 5.02 Å². The van der Waals surface area contributed by atoms with Crippen LogP contribution in [0, 0.1) is 5.92 Å². The van der Waals surface area contributed by atoms with Gasteiger partial charge in [0, 0.05) is 17.3 Å². The second kappa shape index (κ2) is 5.55. The van der Waals surface area contributed by atoms with E-state index in [9.17, 15) is 5.11 Å². The Balaban J connectivity index is 1.79. The Hall–Kier alpha value is -0.730. The summed E-state index contributed by atoms with van der Waals surface area (Å²) < 4.78 is 0. The highest BCUT2D eigenvalue weighted by Crippen LogP contribution is 2.24. The minimum Gasteiger partial charge on any atom is -0.393 e. The minimum absolute atomic E-state index is 0.0672. The molecule has 1 aliphatic carbocycles. The summed E-state index contributed by atoms with van der Waals surface area (Å²) in [5.74, 6) is 0.683. The molecule has 1 aromatic carbocycles. The van der Waals surface area contributed by atoms with Crippen molar-refractivity contribution in [1.82, 2.24) is 0 Å². The smallest absolute Gasteiger partial charge is 0.0540 e. The molecule has 3 heteroatoms. The maximum absolute atomic E-state index is 9.41. The van der Waals surface area contributed by atoms with E-state index in [1.165, 1.54) is 0 Å². The molecule has 0 bridgehead atoms. The maximum atomic E-state index is 9.41. The molecule has 0 heterocycles. The Bertz CT molecular complexity index is 334. The summed E-state index contributed by atoms with van der Waals surface area (Å²) in [6.07, 6.45) is 4.06. The first-order valence-electron chi connectivity index (χ1n) is 5.91. The third kappa shape index (κ3) is 3.39. The van der Waals surface area contributed by atoms with Crippen LogP contribution in [0.15, 0.2) is 24.3 Å². The SMILES string of the molecule is OC1CCC(CNc2cccc(Cl)c2)CC1. The Morgan fingerprint density at radius 1 is 1.25 bits per heavy atom. The van der Waals surface area contributed by atoms with Crippen molar-refractivity contribution in [2.75, 3.05) is 11.9 Å². The van der Waals surface area contributed by atoms with Crippen LogP contribution in [0.4, 0.5) is 5.69 Å². The first-order chi connectivity index (χ1) is 7.74. The van der Waals surface area contributed by atoms with E-state index < -0.39 is 0 Å². The van der Waals surface area contributed by atoms with Crippen LogP contribution in [0.3, 0.4) is 0 Å². The quantitative estimate of drug-likeness (QED) is 0.848. The monoisotopic (exact) mass is 239 g/mol. The molecule has 1 fully saturated rings. The molecule has 1 aliphatic rings. The van der Waals surface area contributed by atoms with Crippen molar-refractivity contribution in [2.24, 2.45) is 5.92 Å². The molecule has 0 spiro atoms. The van der Waals surface area contributed by atoms with E-state index >= 15 is 0 Å². The van der Waals surface area contributed by atoms with Crippen molar-refractivity contribution in [2.45, 2.75) is 31.8 Å². The van der Waals surface area contributed by atoms with Crippen molar-refractivity contribution in [1.29, 1.82) is 0 Å². The van der Waals surface area contributed by atoms with Crippen LogP contribution in [0.25, 0.3) is 0 Å². The lowest BCUT2D eigenvalue weighted by Gasteiger charge is -2.25. The molecule has 2 rings (SSSR count). The molecule has 0 amide bonds. The number of hydrogen-bond donors (Lipinski definition) is 2. The molecule has 0 atom stereocenters. The Kier molecular flexibility index (Phi) is 4.08. The molecular formula is C13H18ClNO. The Morgan fingerprint density at radius 2 is 2.00 bits per heavy atom. The molecule has 1 saturated carbocycles. The average Bonchev–Trinajstić information content (AvgIpc) is 2.28. The first-order valence-corrected chi connectivity index (χ1v) is 6.29. The van der Waals surface area contributed by atoms with Crippen LogP contribution in [0.5, 0.6) is 0 Å². The fourth-order valence-corrected chi connectivity index (χ4v) is 2.40. The summed E-state index contributed by atoms with van der Waals surface area (Å²) in [6.45, 7) is 0.979. The molecule has 1 aromatic rings. The number of benzene rings is 1. The first kappa shape index (κ1) is 11.7. The summed E-state index contributed by atoms with van der Waals surface area (Å²) in [6, 6.07) is 7.81. The number of nitrogens with one attached hydrogen (secondary N) is 1. The van der Waals surface area contributed by atoms with E-state index in [1.807, 2.05) is 24.3 Å². The zero-order chi connectivity index (χ0) is 11.4. The van der Waals surface area contributed by atoms with Gasteiger partial charge in [-0.15, -0.1) is 0 Å². The molecule has 0 saturated heterocycles. The van der Waals surface area contributed by atoms with Gasteiger partial charge in [0.1, 0.15) is 0 Å². The molecule has 88 valence electrons. The second-order valence-corrected chi connectivity index (χ2v) is 5.00. The van der Waals surface area contributed by atoms with Gasteiger partial charge in [0.15, 0.2) is 0 Å². The van der Waals surface area contributed by atoms with E-state index in [-0.39, 0.29) is 6.10 Å². The number of anilines is 1. The number of aliphatic hydroxyl groups is 1. The van der Waals surface area contributed by atoms with Crippen molar-refractivity contribution in [3.05, 3.63) is 29.3 Å². The van der Waals surface area contributed by atoms with Gasteiger partial charge in [-0.1, -0.05) is 17.7 Å². The predicted molar refractivity (Wildman–Crippen MR) is 67.9 cm³/mol. The zero-order valence-electron chi connectivity index (χ0n) is 9.32. The number of rotatable bonds is 3. The maximum Gasteiger partial charge on any atom is 0.0540 e. The molecular weight excluding hydrogens is 222 g/mol. The van der Waals surface area contributed by atoms with Crippen LogP contribution in [-0.4, -0.2) is 17.8 Å². The number of hydrogen-bond acceptors (Lipinski definition) is 2. The van der Waals surface area contributed by atoms with Crippen LogP contribution < -0.4 is 5.32 Å². The molecule has 16 heavy (non-hydrogen) atoms. The van der Waals surface area contributed by atoms with Gasteiger partial charge in [-0.3, -0.25) is 0 Å². The largest absolute Gasteiger partial charge is 0.393 e. The van der Waals surface area contributed by atoms with E-state index in [0.717, 1.165) is 42.9 Å². The standard InChI is InChI=1S/C13H18ClNO/c14-11-2-1-3-12(8-11)15-9-10-4-6-13(16)7-5-10/h1-3,8,10,13,15-16H,4-7,9H2. The van der Waals surface area contributed by atoms with Gasteiger partial charge in [0.05, 0.1) is 6.10 Å². The summed E-state index contributed by atoms with van der Waals surface area (Å²) >= 11 is 5.91. The fourth-order valence-electron chi connectivity index (χ4n) is 2.21. The highest BCUT2D eigenvalue weighted by Gasteiger charge is 2.18. The third-order valence-electron chi connectivity index (χ3n) is 3.24. The normalized spacial score (nSPS) is 25.4. The van der Waals surface area contributed by atoms with Crippen LogP contribution >= 0.6 is 11.6 Å². The molecule has 0 radical (unpaired) electrons. The lowest BCUT2D eigenvalue weighted by Crippen LogP contribution is -2.23. The van der Waals surface area contributed by atoms with Crippen LogP contribution in [-0.2, 0) is 0 Å². The van der Waals surface area contributed by atoms with Gasteiger partial charge >= 0.3 is 0 Å². The Morgan fingerprint density at radius 3 is 2.69 bits per heavy atom. The molecule has 2 N–H and O–H groups in total. The summed E-state index contributed by atoms with van der Waals surface area (Å²) in [5, 5.41) is 13.6. The van der Waals surface area contributed by atoms with Gasteiger partial charge in [-0.25, -0.2) is 0 Å². The molecule has 0 aromatic heterocycles. The van der Waals surface area contributed by atoms with E-state index in [4.69, 9.17) is 11.6 Å². The van der Waals surface area contributed by atoms with Gasteiger partial charge < -0.3 is 10.4 Å². The molecule has 2 nitrogen and oxygen atoms in total. The zero-order valence-corrected chi connectivity index (χ0v) is 10.1.